The number of aliphatic carboxylic acids is 1. The van der Waals surface area contributed by atoms with Gasteiger partial charge in [0.1, 0.15) is 6.04 Å². The summed E-state index contributed by atoms with van der Waals surface area (Å²) in [6.07, 6.45) is 5.42. The van der Waals surface area contributed by atoms with Gasteiger partial charge < -0.3 is 15.7 Å². The zero-order valence-electron chi connectivity index (χ0n) is 12.5. The van der Waals surface area contributed by atoms with Crippen LogP contribution < -0.4 is 10.6 Å². The fourth-order valence-electron chi connectivity index (χ4n) is 2.56. The molecule has 6 heteroatoms. The Hall–Kier alpha value is -0.910. The number of carboxylic acids is 1. The molecule has 0 bridgehead atoms. The van der Waals surface area contributed by atoms with E-state index in [1.54, 1.807) is 11.8 Å². The molecule has 0 saturated heterocycles. The highest BCUT2D eigenvalue weighted by atomic mass is 32.2. The first-order valence-electron chi connectivity index (χ1n) is 7.22. The van der Waals surface area contributed by atoms with E-state index in [9.17, 15) is 9.59 Å². The van der Waals surface area contributed by atoms with Gasteiger partial charge in [0.15, 0.2) is 0 Å². The van der Waals surface area contributed by atoms with Crippen molar-refractivity contribution in [2.24, 2.45) is 11.8 Å². The summed E-state index contributed by atoms with van der Waals surface area (Å²) >= 11 is 1.58. The fourth-order valence-corrected chi connectivity index (χ4v) is 3.03. The van der Waals surface area contributed by atoms with Crippen LogP contribution in [-0.2, 0) is 4.79 Å². The third-order valence-corrected chi connectivity index (χ3v) is 4.79. The van der Waals surface area contributed by atoms with Crippen molar-refractivity contribution in [2.45, 2.75) is 51.6 Å². The standard InChI is InChI=1S/C14H26N2O3S/c1-9-4-5-11(8-10(9)2)15-14(19)16-12(13(17)18)6-7-20-3/h9-12H,4-8H2,1-3H3,(H,17,18)(H2,15,16,19)/t9?,10?,11?,12-/m0/s1. The van der Waals surface area contributed by atoms with Crippen molar-refractivity contribution >= 4 is 23.8 Å². The Morgan fingerprint density at radius 3 is 2.55 bits per heavy atom. The van der Waals surface area contributed by atoms with E-state index in [-0.39, 0.29) is 12.1 Å². The van der Waals surface area contributed by atoms with Crippen molar-refractivity contribution in [1.82, 2.24) is 10.6 Å². The molecular formula is C14H26N2O3S. The van der Waals surface area contributed by atoms with Gasteiger partial charge in [0.05, 0.1) is 0 Å². The van der Waals surface area contributed by atoms with E-state index in [4.69, 9.17) is 5.11 Å². The number of hydrogen-bond donors (Lipinski definition) is 3. The molecule has 1 aliphatic carbocycles. The van der Waals surface area contributed by atoms with E-state index >= 15 is 0 Å². The number of carbonyl (C=O) groups excluding carboxylic acids is 1. The topological polar surface area (TPSA) is 78.4 Å². The first kappa shape index (κ1) is 17.1. The third-order valence-electron chi connectivity index (χ3n) is 4.15. The van der Waals surface area contributed by atoms with Gasteiger partial charge in [0.25, 0.3) is 0 Å². The van der Waals surface area contributed by atoms with Crippen LogP contribution in [0.3, 0.4) is 0 Å². The number of nitrogens with one attached hydrogen (secondary N) is 2. The maximum Gasteiger partial charge on any atom is 0.326 e. The fraction of sp³-hybridized carbons (Fsp3) is 0.857. The molecule has 0 heterocycles. The Labute approximate surface area is 125 Å². The number of thioether (sulfide) groups is 1. The van der Waals surface area contributed by atoms with Crippen LogP contribution >= 0.6 is 11.8 Å². The normalized spacial score (nSPS) is 27.6. The van der Waals surface area contributed by atoms with Crippen LogP contribution in [0.5, 0.6) is 0 Å². The smallest absolute Gasteiger partial charge is 0.326 e. The van der Waals surface area contributed by atoms with Gasteiger partial charge in [0, 0.05) is 6.04 Å². The van der Waals surface area contributed by atoms with Gasteiger partial charge in [-0.2, -0.15) is 11.8 Å². The Bertz CT molecular complexity index is 338. The molecule has 0 spiro atoms. The van der Waals surface area contributed by atoms with Gasteiger partial charge in [-0.05, 0) is 49.5 Å². The van der Waals surface area contributed by atoms with Gasteiger partial charge in [-0.15, -0.1) is 0 Å². The molecule has 5 nitrogen and oxygen atoms in total. The van der Waals surface area contributed by atoms with Crippen LogP contribution in [0.15, 0.2) is 0 Å². The molecule has 2 amide bonds. The molecule has 0 aromatic heterocycles. The number of carbonyl (C=O) groups is 2. The number of urea groups is 1. The van der Waals surface area contributed by atoms with Gasteiger partial charge in [0.2, 0.25) is 0 Å². The maximum atomic E-state index is 11.9. The zero-order chi connectivity index (χ0) is 15.1. The quantitative estimate of drug-likeness (QED) is 0.703. The van der Waals surface area contributed by atoms with E-state index in [0.717, 1.165) is 25.0 Å². The first-order chi connectivity index (χ1) is 9.43. The molecule has 0 aromatic rings. The number of rotatable bonds is 6. The van der Waals surface area contributed by atoms with E-state index in [2.05, 4.69) is 24.5 Å². The molecule has 4 atom stereocenters. The molecule has 1 saturated carbocycles. The van der Waals surface area contributed by atoms with Crippen molar-refractivity contribution in [3.63, 3.8) is 0 Å². The molecule has 1 fully saturated rings. The maximum absolute atomic E-state index is 11.9. The largest absolute Gasteiger partial charge is 0.480 e. The minimum Gasteiger partial charge on any atom is -0.480 e. The van der Waals surface area contributed by atoms with Gasteiger partial charge in [-0.25, -0.2) is 9.59 Å². The second-order valence-electron chi connectivity index (χ2n) is 5.75. The highest BCUT2D eigenvalue weighted by Crippen LogP contribution is 2.29. The van der Waals surface area contributed by atoms with Crippen LogP contribution in [0.25, 0.3) is 0 Å². The summed E-state index contributed by atoms with van der Waals surface area (Å²) in [5, 5.41) is 14.6. The highest BCUT2D eigenvalue weighted by Gasteiger charge is 2.26. The molecule has 1 aliphatic rings. The molecule has 0 aromatic carbocycles. The molecule has 20 heavy (non-hydrogen) atoms. The number of carboxylic acid groups (broad SMARTS) is 1. The second-order valence-corrected chi connectivity index (χ2v) is 6.74. The van der Waals surface area contributed by atoms with Crippen LogP contribution in [0.4, 0.5) is 4.79 Å². The second kappa shape index (κ2) is 8.39. The summed E-state index contributed by atoms with van der Waals surface area (Å²) in [4.78, 5) is 23.0. The van der Waals surface area contributed by atoms with Gasteiger partial charge in [-0.3, -0.25) is 0 Å². The lowest BCUT2D eigenvalue weighted by Crippen LogP contribution is -2.50. The monoisotopic (exact) mass is 302 g/mol. The first-order valence-corrected chi connectivity index (χ1v) is 8.62. The summed E-state index contributed by atoms with van der Waals surface area (Å²) in [6, 6.07) is -0.996. The molecule has 116 valence electrons. The van der Waals surface area contributed by atoms with Crippen molar-refractivity contribution in [1.29, 1.82) is 0 Å². The predicted molar refractivity (Wildman–Crippen MR) is 82.1 cm³/mol. The van der Waals surface area contributed by atoms with Crippen LogP contribution in [-0.4, -0.2) is 41.2 Å². The average molecular weight is 302 g/mol. The molecule has 1 rings (SSSR count). The zero-order valence-corrected chi connectivity index (χ0v) is 13.3. The van der Waals surface area contributed by atoms with Crippen LogP contribution in [0.2, 0.25) is 0 Å². The van der Waals surface area contributed by atoms with Crippen molar-refractivity contribution in [3.05, 3.63) is 0 Å². The molecule has 0 radical (unpaired) electrons. The van der Waals surface area contributed by atoms with E-state index in [0.29, 0.717) is 18.3 Å². The number of hydrogen-bond acceptors (Lipinski definition) is 3. The Morgan fingerprint density at radius 1 is 1.30 bits per heavy atom. The predicted octanol–water partition coefficient (Wildman–Crippen LogP) is 2.32. The average Bonchev–Trinajstić information content (AvgIpc) is 2.38. The van der Waals surface area contributed by atoms with Gasteiger partial charge >= 0.3 is 12.0 Å². The summed E-state index contributed by atoms with van der Waals surface area (Å²) in [5.74, 6) is 1.04. The SMILES string of the molecule is CSCC[C@H](NC(=O)NC1CCC(C)C(C)C1)C(=O)O. The van der Waals surface area contributed by atoms with Gasteiger partial charge in [-0.1, -0.05) is 13.8 Å². The Kier molecular flexibility index (Phi) is 7.19. The van der Waals surface area contributed by atoms with Crippen LogP contribution in [0.1, 0.15) is 39.5 Å². The highest BCUT2D eigenvalue weighted by molar-refractivity contribution is 7.98. The minimum atomic E-state index is -0.972. The number of amides is 2. The lowest BCUT2D eigenvalue weighted by atomic mass is 9.79. The van der Waals surface area contributed by atoms with E-state index in [1.807, 2.05) is 6.26 Å². The molecular weight excluding hydrogens is 276 g/mol. The molecule has 0 aliphatic heterocycles. The summed E-state index contributed by atoms with van der Waals surface area (Å²) in [7, 11) is 0. The summed E-state index contributed by atoms with van der Waals surface area (Å²) in [5.41, 5.74) is 0. The molecule has 3 N–H and O–H groups in total. The van der Waals surface area contributed by atoms with Crippen molar-refractivity contribution < 1.29 is 14.7 Å². The van der Waals surface area contributed by atoms with E-state index in [1.165, 1.54) is 0 Å². The third kappa shape index (κ3) is 5.61. The molecule has 3 unspecified atom stereocenters. The van der Waals surface area contributed by atoms with E-state index < -0.39 is 12.0 Å². The Morgan fingerprint density at radius 2 is 2.00 bits per heavy atom. The van der Waals surface area contributed by atoms with Crippen molar-refractivity contribution in [2.75, 3.05) is 12.0 Å². The summed E-state index contributed by atoms with van der Waals surface area (Å²) in [6.45, 7) is 4.44. The van der Waals surface area contributed by atoms with Crippen LogP contribution in [0, 0.1) is 11.8 Å². The van der Waals surface area contributed by atoms with Crippen molar-refractivity contribution in [3.8, 4) is 0 Å². The minimum absolute atomic E-state index is 0.163. The summed E-state index contributed by atoms with van der Waals surface area (Å²) < 4.78 is 0. The Balaban J connectivity index is 2.39. The lowest BCUT2D eigenvalue weighted by Gasteiger charge is -2.32. The lowest BCUT2D eigenvalue weighted by molar-refractivity contribution is -0.139.